The number of rotatable bonds is 6. The van der Waals surface area contributed by atoms with Gasteiger partial charge in [-0.25, -0.2) is 4.98 Å². The number of anilines is 2. The summed E-state index contributed by atoms with van der Waals surface area (Å²) in [7, 11) is 0. The van der Waals surface area contributed by atoms with Crippen LogP contribution >= 0.6 is 0 Å². The monoisotopic (exact) mass is 272 g/mol. The molecule has 0 bridgehead atoms. The van der Waals surface area contributed by atoms with Crippen LogP contribution in [0, 0.1) is 0 Å². The summed E-state index contributed by atoms with van der Waals surface area (Å²) in [6.07, 6.45) is 5.95. The van der Waals surface area contributed by atoms with Crippen molar-refractivity contribution in [3.8, 4) is 0 Å². The number of nitrogen functional groups attached to an aromatic ring is 1. The zero-order chi connectivity index (χ0) is 14.4. The Bertz CT molecular complexity index is 560. The number of amides is 1. The van der Waals surface area contributed by atoms with Crippen LogP contribution in [-0.2, 0) is 17.8 Å². The van der Waals surface area contributed by atoms with Gasteiger partial charge in [-0.05, 0) is 30.7 Å². The number of imidazole rings is 1. The molecule has 0 saturated carbocycles. The lowest BCUT2D eigenvalue weighted by Gasteiger charge is -2.07. The van der Waals surface area contributed by atoms with E-state index in [4.69, 9.17) is 5.73 Å². The van der Waals surface area contributed by atoms with Crippen molar-refractivity contribution < 1.29 is 4.79 Å². The third-order valence-corrected chi connectivity index (χ3v) is 3.12. The molecule has 1 amide bonds. The summed E-state index contributed by atoms with van der Waals surface area (Å²) in [6.45, 7) is 2.89. The van der Waals surface area contributed by atoms with E-state index in [-0.39, 0.29) is 5.91 Å². The quantitative estimate of drug-likeness (QED) is 0.793. The largest absolute Gasteiger partial charge is 0.399 e. The Kier molecular flexibility index (Phi) is 4.76. The summed E-state index contributed by atoms with van der Waals surface area (Å²) in [5.74, 6) is 1.08. The average Bonchev–Trinajstić information content (AvgIpc) is 2.89. The molecule has 0 aliphatic rings. The number of hydrogen-bond acceptors (Lipinski definition) is 3. The molecular weight excluding hydrogens is 252 g/mol. The maximum absolute atomic E-state index is 11.8. The molecule has 106 valence electrons. The SMILES string of the molecule is CCc1nccn1CCCC(=O)Nc1ccc(N)cc1. The van der Waals surface area contributed by atoms with Crippen LogP contribution in [-0.4, -0.2) is 15.5 Å². The average molecular weight is 272 g/mol. The summed E-state index contributed by atoms with van der Waals surface area (Å²) < 4.78 is 2.09. The Hall–Kier alpha value is -2.30. The zero-order valence-electron chi connectivity index (χ0n) is 11.7. The highest BCUT2D eigenvalue weighted by Crippen LogP contribution is 2.11. The molecule has 0 aliphatic heterocycles. The van der Waals surface area contributed by atoms with E-state index in [0.29, 0.717) is 12.1 Å². The number of nitrogens with two attached hydrogens (primary N) is 1. The molecule has 1 aromatic heterocycles. The lowest BCUT2D eigenvalue weighted by atomic mass is 10.2. The van der Waals surface area contributed by atoms with Crippen molar-refractivity contribution in [2.24, 2.45) is 0 Å². The summed E-state index contributed by atoms with van der Waals surface area (Å²) in [5, 5.41) is 2.86. The van der Waals surface area contributed by atoms with Crippen molar-refractivity contribution in [3.63, 3.8) is 0 Å². The fourth-order valence-electron chi connectivity index (χ4n) is 2.06. The van der Waals surface area contributed by atoms with Crippen LogP contribution in [0.5, 0.6) is 0 Å². The van der Waals surface area contributed by atoms with Gasteiger partial charge in [0.25, 0.3) is 0 Å². The minimum absolute atomic E-state index is 0.0212. The standard InChI is InChI=1S/C15H20N4O/c1-2-14-17-9-11-19(14)10-3-4-15(20)18-13-7-5-12(16)6-8-13/h5-9,11H,2-4,10,16H2,1H3,(H,18,20). The van der Waals surface area contributed by atoms with E-state index < -0.39 is 0 Å². The highest BCUT2D eigenvalue weighted by atomic mass is 16.1. The van der Waals surface area contributed by atoms with Gasteiger partial charge in [0.15, 0.2) is 0 Å². The Morgan fingerprint density at radius 3 is 2.80 bits per heavy atom. The molecule has 20 heavy (non-hydrogen) atoms. The first kappa shape index (κ1) is 14.1. The molecule has 3 N–H and O–H groups in total. The van der Waals surface area contributed by atoms with E-state index in [9.17, 15) is 4.79 Å². The number of benzene rings is 1. The molecule has 1 aromatic carbocycles. The van der Waals surface area contributed by atoms with Crippen LogP contribution < -0.4 is 11.1 Å². The fourth-order valence-corrected chi connectivity index (χ4v) is 2.06. The molecule has 1 heterocycles. The second-order valence-electron chi connectivity index (χ2n) is 4.66. The van der Waals surface area contributed by atoms with Gasteiger partial charge in [0.05, 0.1) is 0 Å². The van der Waals surface area contributed by atoms with Gasteiger partial charge in [-0.1, -0.05) is 6.92 Å². The van der Waals surface area contributed by atoms with Crippen LogP contribution in [0.4, 0.5) is 11.4 Å². The van der Waals surface area contributed by atoms with Gasteiger partial charge < -0.3 is 15.6 Å². The highest BCUT2D eigenvalue weighted by Gasteiger charge is 2.04. The van der Waals surface area contributed by atoms with E-state index in [1.54, 1.807) is 30.5 Å². The van der Waals surface area contributed by atoms with Crippen LogP contribution in [0.2, 0.25) is 0 Å². The van der Waals surface area contributed by atoms with Crippen LogP contribution in [0.3, 0.4) is 0 Å². The molecule has 2 rings (SSSR count). The van der Waals surface area contributed by atoms with Crippen molar-refractivity contribution in [3.05, 3.63) is 42.5 Å². The van der Waals surface area contributed by atoms with E-state index in [1.807, 2.05) is 6.20 Å². The number of aryl methyl sites for hydroxylation is 2. The first-order chi connectivity index (χ1) is 9.69. The Balaban J connectivity index is 1.76. The molecular formula is C15H20N4O. The number of nitrogens with one attached hydrogen (secondary N) is 1. The van der Waals surface area contributed by atoms with Crippen molar-refractivity contribution in [1.82, 2.24) is 9.55 Å². The number of nitrogens with zero attached hydrogens (tertiary/aromatic N) is 2. The predicted molar refractivity (Wildman–Crippen MR) is 80.3 cm³/mol. The number of carbonyl (C=O) groups is 1. The number of carbonyl (C=O) groups excluding carboxylic acids is 1. The van der Waals surface area contributed by atoms with Crippen molar-refractivity contribution in [2.45, 2.75) is 32.7 Å². The predicted octanol–water partition coefficient (Wildman–Crippen LogP) is 2.45. The topological polar surface area (TPSA) is 72.9 Å². The molecule has 5 nitrogen and oxygen atoms in total. The molecule has 0 saturated heterocycles. The van der Waals surface area contributed by atoms with Crippen LogP contribution in [0.25, 0.3) is 0 Å². The van der Waals surface area contributed by atoms with Crippen LogP contribution in [0.1, 0.15) is 25.6 Å². The fraction of sp³-hybridized carbons (Fsp3) is 0.333. The molecule has 5 heteroatoms. The smallest absolute Gasteiger partial charge is 0.224 e. The molecule has 0 spiro atoms. The van der Waals surface area contributed by atoms with Gasteiger partial charge in [-0.2, -0.15) is 0 Å². The minimum atomic E-state index is 0.0212. The lowest BCUT2D eigenvalue weighted by molar-refractivity contribution is -0.116. The third-order valence-electron chi connectivity index (χ3n) is 3.12. The van der Waals surface area contributed by atoms with Crippen LogP contribution in [0.15, 0.2) is 36.7 Å². The number of aromatic nitrogens is 2. The highest BCUT2D eigenvalue weighted by molar-refractivity contribution is 5.90. The number of hydrogen-bond donors (Lipinski definition) is 2. The molecule has 0 atom stereocenters. The minimum Gasteiger partial charge on any atom is -0.399 e. The third kappa shape index (κ3) is 3.85. The molecule has 0 fully saturated rings. The van der Waals surface area contributed by atoms with E-state index in [0.717, 1.165) is 30.9 Å². The maximum Gasteiger partial charge on any atom is 0.224 e. The van der Waals surface area contributed by atoms with E-state index in [1.165, 1.54) is 0 Å². The van der Waals surface area contributed by atoms with Gasteiger partial charge in [-0.15, -0.1) is 0 Å². The molecule has 2 aromatic rings. The summed E-state index contributed by atoms with van der Waals surface area (Å²) >= 11 is 0. The van der Waals surface area contributed by atoms with Crippen molar-refractivity contribution in [1.29, 1.82) is 0 Å². The van der Waals surface area contributed by atoms with Gasteiger partial charge in [0.1, 0.15) is 5.82 Å². The Labute approximate surface area is 118 Å². The van der Waals surface area contributed by atoms with Crippen molar-refractivity contribution in [2.75, 3.05) is 11.1 Å². The van der Waals surface area contributed by atoms with Gasteiger partial charge in [0.2, 0.25) is 5.91 Å². The first-order valence-electron chi connectivity index (χ1n) is 6.84. The normalized spacial score (nSPS) is 10.4. The first-order valence-corrected chi connectivity index (χ1v) is 6.84. The van der Waals surface area contributed by atoms with E-state index in [2.05, 4.69) is 21.8 Å². The second kappa shape index (κ2) is 6.75. The zero-order valence-corrected chi connectivity index (χ0v) is 11.7. The molecule has 0 unspecified atom stereocenters. The maximum atomic E-state index is 11.8. The van der Waals surface area contributed by atoms with Gasteiger partial charge in [0, 0.05) is 43.2 Å². The van der Waals surface area contributed by atoms with Gasteiger partial charge in [-0.3, -0.25) is 4.79 Å². The second-order valence-corrected chi connectivity index (χ2v) is 4.66. The van der Waals surface area contributed by atoms with E-state index >= 15 is 0 Å². The lowest BCUT2D eigenvalue weighted by Crippen LogP contribution is -2.12. The van der Waals surface area contributed by atoms with Gasteiger partial charge >= 0.3 is 0 Å². The summed E-state index contributed by atoms with van der Waals surface area (Å²) in [5.41, 5.74) is 7.07. The Morgan fingerprint density at radius 1 is 1.35 bits per heavy atom. The molecule has 0 aliphatic carbocycles. The summed E-state index contributed by atoms with van der Waals surface area (Å²) in [6, 6.07) is 7.15. The van der Waals surface area contributed by atoms with Crippen molar-refractivity contribution >= 4 is 17.3 Å². The Morgan fingerprint density at radius 2 is 2.10 bits per heavy atom. The molecule has 0 radical (unpaired) electrons. The summed E-state index contributed by atoms with van der Waals surface area (Å²) in [4.78, 5) is 16.1.